The van der Waals surface area contributed by atoms with Crippen LogP contribution in [0.25, 0.3) is 0 Å². The van der Waals surface area contributed by atoms with Gasteiger partial charge in [0.05, 0.1) is 11.3 Å². The van der Waals surface area contributed by atoms with Crippen molar-refractivity contribution < 1.29 is 0 Å². The first-order valence-corrected chi connectivity index (χ1v) is 6.64. The van der Waals surface area contributed by atoms with Crippen LogP contribution in [0.15, 0.2) is 35.1 Å². The van der Waals surface area contributed by atoms with E-state index in [2.05, 4.69) is 27.0 Å². The minimum atomic E-state index is -0.118. The van der Waals surface area contributed by atoms with Crippen molar-refractivity contribution in [2.24, 2.45) is 0 Å². The molecule has 0 amide bonds. The predicted octanol–water partition coefficient (Wildman–Crippen LogP) is 1.98. The van der Waals surface area contributed by atoms with Gasteiger partial charge in [-0.3, -0.25) is 14.7 Å². The Morgan fingerprint density at radius 1 is 1.32 bits per heavy atom. The molecular formula is C14H14ClN3O. The summed E-state index contributed by atoms with van der Waals surface area (Å²) in [6.07, 6.45) is 0.770. The number of hydrogen-bond acceptors (Lipinski definition) is 3. The highest BCUT2D eigenvalue weighted by atomic mass is 35.5. The van der Waals surface area contributed by atoms with Crippen molar-refractivity contribution in [3.8, 4) is 0 Å². The third kappa shape index (κ3) is 2.69. The van der Waals surface area contributed by atoms with Crippen LogP contribution in [0.3, 0.4) is 0 Å². The fourth-order valence-corrected chi connectivity index (χ4v) is 2.62. The number of H-pyrrole nitrogens is 1. The highest BCUT2D eigenvalue weighted by Gasteiger charge is 2.20. The standard InChI is InChI=1S/C14H14ClN3O/c15-14-16-12-6-7-18(9-11(12)13(19)17-14)8-10-4-2-1-3-5-10/h1-5H,6-9H2,(H,16,17,19). The molecule has 0 saturated carbocycles. The third-order valence-corrected chi connectivity index (χ3v) is 3.55. The van der Waals surface area contributed by atoms with Crippen LogP contribution < -0.4 is 5.56 Å². The quantitative estimate of drug-likeness (QED) is 0.853. The molecule has 0 aliphatic carbocycles. The summed E-state index contributed by atoms with van der Waals surface area (Å²) in [7, 11) is 0. The number of fused-ring (bicyclic) bond motifs is 1. The molecule has 0 radical (unpaired) electrons. The van der Waals surface area contributed by atoms with E-state index in [0.29, 0.717) is 6.54 Å². The number of nitrogens with zero attached hydrogens (tertiary/aromatic N) is 2. The molecule has 2 aromatic rings. The van der Waals surface area contributed by atoms with Crippen LogP contribution in [0.1, 0.15) is 16.8 Å². The van der Waals surface area contributed by atoms with Crippen molar-refractivity contribution >= 4 is 11.6 Å². The fraction of sp³-hybridized carbons (Fsp3) is 0.286. The van der Waals surface area contributed by atoms with Crippen molar-refractivity contribution in [3.05, 3.63) is 62.8 Å². The largest absolute Gasteiger partial charge is 0.297 e. The molecule has 0 bridgehead atoms. The highest BCUT2D eigenvalue weighted by molar-refractivity contribution is 6.28. The first-order valence-electron chi connectivity index (χ1n) is 6.26. The number of benzene rings is 1. The Labute approximate surface area is 116 Å². The minimum absolute atomic E-state index is 0.118. The molecule has 0 unspecified atom stereocenters. The van der Waals surface area contributed by atoms with E-state index in [-0.39, 0.29) is 10.8 Å². The first kappa shape index (κ1) is 12.4. The number of aromatic nitrogens is 2. The number of halogens is 1. The molecule has 2 heterocycles. The lowest BCUT2D eigenvalue weighted by Gasteiger charge is -2.27. The van der Waals surface area contributed by atoms with Gasteiger partial charge in [0.2, 0.25) is 5.28 Å². The van der Waals surface area contributed by atoms with Gasteiger partial charge in [-0.1, -0.05) is 30.3 Å². The molecule has 1 aliphatic rings. The van der Waals surface area contributed by atoms with E-state index < -0.39 is 0 Å². The van der Waals surface area contributed by atoms with E-state index in [1.54, 1.807) is 0 Å². The average molecular weight is 276 g/mol. The van der Waals surface area contributed by atoms with Gasteiger partial charge in [0.25, 0.3) is 5.56 Å². The minimum Gasteiger partial charge on any atom is -0.297 e. The summed E-state index contributed by atoms with van der Waals surface area (Å²) in [4.78, 5) is 20.9. The van der Waals surface area contributed by atoms with E-state index >= 15 is 0 Å². The molecule has 19 heavy (non-hydrogen) atoms. The molecule has 0 fully saturated rings. The summed E-state index contributed by atoms with van der Waals surface area (Å²) >= 11 is 5.77. The summed E-state index contributed by atoms with van der Waals surface area (Å²) in [5.41, 5.74) is 2.71. The molecule has 0 spiro atoms. The van der Waals surface area contributed by atoms with Gasteiger partial charge in [-0.05, 0) is 17.2 Å². The topological polar surface area (TPSA) is 49.0 Å². The van der Waals surface area contributed by atoms with E-state index in [1.807, 2.05) is 18.2 Å². The molecule has 3 rings (SSSR count). The molecule has 98 valence electrons. The predicted molar refractivity (Wildman–Crippen MR) is 74.1 cm³/mol. The van der Waals surface area contributed by atoms with Crippen molar-refractivity contribution in [2.75, 3.05) is 6.54 Å². The lowest BCUT2D eigenvalue weighted by Crippen LogP contribution is -2.35. The Kier molecular flexibility index (Phi) is 3.36. The number of aromatic amines is 1. The molecular weight excluding hydrogens is 262 g/mol. The van der Waals surface area contributed by atoms with Crippen LogP contribution in [0, 0.1) is 0 Å². The third-order valence-electron chi connectivity index (χ3n) is 3.37. The van der Waals surface area contributed by atoms with Crippen LogP contribution >= 0.6 is 11.6 Å². The lowest BCUT2D eigenvalue weighted by atomic mass is 10.1. The smallest absolute Gasteiger partial charge is 0.256 e. The average Bonchev–Trinajstić information content (AvgIpc) is 2.40. The van der Waals surface area contributed by atoms with E-state index in [0.717, 1.165) is 30.8 Å². The van der Waals surface area contributed by atoms with E-state index in [1.165, 1.54) is 5.56 Å². The monoisotopic (exact) mass is 275 g/mol. The maximum atomic E-state index is 11.9. The summed E-state index contributed by atoms with van der Waals surface area (Å²) in [5.74, 6) is 0. The summed E-state index contributed by atoms with van der Waals surface area (Å²) < 4.78 is 0. The van der Waals surface area contributed by atoms with Gasteiger partial charge in [-0.2, -0.15) is 0 Å². The summed E-state index contributed by atoms with van der Waals surface area (Å²) in [6.45, 7) is 2.38. The van der Waals surface area contributed by atoms with E-state index in [9.17, 15) is 4.79 Å². The number of hydrogen-bond donors (Lipinski definition) is 1. The van der Waals surface area contributed by atoms with Crippen LogP contribution in [0.4, 0.5) is 0 Å². The summed E-state index contributed by atoms with van der Waals surface area (Å²) in [5, 5.41) is 0.181. The van der Waals surface area contributed by atoms with Gasteiger partial charge in [-0.15, -0.1) is 0 Å². The maximum absolute atomic E-state index is 11.9. The second kappa shape index (κ2) is 5.15. The van der Waals surface area contributed by atoms with Crippen LogP contribution in [-0.4, -0.2) is 21.4 Å². The molecule has 4 nitrogen and oxygen atoms in total. The Hall–Kier alpha value is -1.65. The molecule has 1 aromatic carbocycles. The normalized spacial score (nSPS) is 15.2. The van der Waals surface area contributed by atoms with Crippen LogP contribution in [0.2, 0.25) is 5.28 Å². The number of nitrogens with one attached hydrogen (secondary N) is 1. The van der Waals surface area contributed by atoms with Crippen molar-refractivity contribution in [2.45, 2.75) is 19.5 Å². The molecule has 5 heteroatoms. The zero-order chi connectivity index (χ0) is 13.2. The van der Waals surface area contributed by atoms with Crippen molar-refractivity contribution in [3.63, 3.8) is 0 Å². The zero-order valence-corrected chi connectivity index (χ0v) is 11.2. The van der Waals surface area contributed by atoms with Gasteiger partial charge in [0.15, 0.2) is 0 Å². The Morgan fingerprint density at radius 2 is 2.11 bits per heavy atom. The summed E-state index contributed by atoms with van der Waals surface area (Å²) in [6, 6.07) is 10.3. The molecule has 0 atom stereocenters. The van der Waals surface area contributed by atoms with Gasteiger partial charge in [-0.25, -0.2) is 4.98 Å². The molecule has 1 aromatic heterocycles. The Bertz CT molecular complexity index is 639. The van der Waals surface area contributed by atoms with Gasteiger partial charge < -0.3 is 0 Å². The van der Waals surface area contributed by atoms with Gasteiger partial charge in [0, 0.05) is 26.1 Å². The maximum Gasteiger partial charge on any atom is 0.256 e. The fourth-order valence-electron chi connectivity index (χ4n) is 2.43. The second-order valence-electron chi connectivity index (χ2n) is 4.73. The van der Waals surface area contributed by atoms with Gasteiger partial charge >= 0.3 is 0 Å². The highest BCUT2D eigenvalue weighted by Crippen LogP contribution is 2.17. The SMILES string of the molecule is O=c1[nH]c(Cl)nc2c1CN(Cc1ccccc1)CC2. The van der Waals surface area contributed by atoms with Crippen LogP contribution in [-0.2, 0) is 19.5 Å². The first-order chi connectivity index (χ1) is 9.22. The Balaban J connectivity index is 1.81. The van der Waals surface area contributed by atoms with Crippen LogP contribution in [0.5, 0.6) is 0 Å². The van der Waals surface area contributed by atoms with E-state index in [4.69, 9.17) is 11.6 Å². The molecule has 0 saturated heterocycles. The van der Waals surface area contributed by atoms with Gasteiger partial charge in [0.1, 0.15) is 0 Å². The van der Waals surface area contributed by atoms with Crippen molar-refractivity contribution in [1.82, 2.24) is 14.9 Å². The van der Waals surface area contributed by atoms with Crippen molar-refractivity contribution in [1.29, 1.82) is 0 Å². The number of rotatable bonds is 2. The Morgan fingerprint density at radius 3 is 2.89 bits per heavy atom. The molecule has 1 aliphatic heterocycles. The molecule has 1 N–H and O–H groups in total. The zero-order valence-electron chi connectivity index (χ0n) is 10.4. The second-order valence-corrected chi connectivity index (χ2v) is 5.09. The lowest BCUT2D eigenvalue weighted by molar-refractivity contribution is 0.241.